The summed E-state index contributed by atoms with van der Waals surface area (Å²) in [6, 6.07) is 7.87. The molecule has 1 aromatic carbocycles. The molecule has 8 nitrogen and oxygen atoms in total. The van der Waals surface area contributed by atoms with Crippen molar-refractivity contribution in [2.75, 3.05) is 29.9 Å². The van der Waals surface area contributed by atoms with Gasteiger partial charge in [-0.15, -0.1) is 0 Å². The number of nitrogens with zero attached hydrogens (tertiary/aromatic N) is 4. The van der Waals surface area contributed by atoms with Crippen LogP contribution in [-0.4, -0.2) is 53.6 Å². The van der Waals surface area contributed by atoms with Crippen LogP contribution >= 0.6 is 0 Å². The molecule has 1 atom stereocenters. The summed E-state index contributed by atoms with van der Waals surface area (Å²) in [5, 5.41) is 2.79. The molecule has 1 amide bonds. The number of anilines is 2. The summed E-state index contributed by atoms with van der Waals surface area (Å²) in [6.45, 7) is 0.949. The zero-order valence-electron chi connectivity index (χ0n) is 16.9. The fourth-order valence-electron chi connectivity index (χ4n) is 3.53. The molecule has 31 heavy (non-hydrogen) atoms. The number of alkyl halides is 2. The highest BCUT2D eigenvalue weighted by atomic mass is 19.3. The van der Waals surface area contributed by atoms with Crippen LogP contribution in [0, 0.1) is 0 Å². The molecule has 1 aromatic heterocycles. The van der Waals surface area contributed by atoms with Gasteiger partial charge in [0.25, 0.3) is 17.9 Å². The number of carbonyl (C=O) groups excluding carboxylic acids is 1. The maximum atomic E-state index is 13.3. The number of amides is 1. The third kappa shape index (κ3) is 5.44. The van der Waals surface area contributed by atoms with E-state index in [0.29, 0.717) is 18.1 Å². The van der Waals surface area contributed by atoms with Gasteiger partial charge in [0, 0.05) is 31.6 Å². The number of carbonyl (C=O) groups is 1. The Hall–Kier alpha value is -3.30. The molecule has 0 aliphatic carbocycles. The number of ether oxygens (including phenoxy) is 1. The Morgan fingerprint density at radius 1 is 1.19 bits per heavy atom. The maximum absolute atomic E-state index is 13.3. The first-order valence-electron chi connectivity index (χ1n) is 10.2. The van der Waals surface area contributed by atoms with Crippen LogP contribution in [0.25, 0.3) is 0 Å². The van der Waals surface area contributed by atoms with E-state index in [1.165, 1.54) is 12.4 Å². The van der Waals surface area contributed by atoms with Gasteiger partial charge >= 0.3 is 0 Å². The lowest BCUT2D eigenvalue weighted by molar-refractivity contribution is -0.0221. The van der Waals surface area contributed by atoms with Gasteiger partial charge in [0.1, 0.15) is 18.1 Å². The number of rotatable bonds is 6. The average Bonchev–Trinajstić information content (AvgIpc) is 3.18. The number of aryl methyl sites for hydroxylation is 1. The molecule has 0 bridgehead atoms. The Kier molecular flexibility index (Phi) is 5.97. The van der Waals surface area contributed by atoms with E-state index in [1.807, 2.05) is 24.3 Å². The number of amidine groups is 1. The molecular weight excluding hydrogens is 406 g/mol. The summed E-state index contributed by atoms with van der Waals surface area (Å²) in [4.78, 5) is 26.8. The van der Waals surface area contributed by atoms with Crippen molar-refractivity contribution in [3.05, 3.63) is 47.9 Å². The minimum Gasteiger partial charge on any atom is -0.463 e. The van der Waals surface area contributed by atoms with Crippen molar-refractivity contribution in [1.82, 2.24) is 9.97 Å². The number of nitrogens with two attached hydrogens (primary N) is 1. The van der Waals surface area contributed by atoms with Crippen molar-refractivity contribution >= 4 is 23.4 Å². The Bertz CT molecular complexity index is 939. The van der Waals surface area contributed by atoms with Gasteiger partial charge in [-0.2, -0.15) is 0 Å². The lowest BCUT2D eigenvalue weighted by Gasteiger charge is -2.32. The molecule has 0 spiro atoms. The second-order valence-electron chi connectivity index (χ2n) is 7.72. The van der Waals surface area contributed by atoms with E-state index in [4.69, 9.17) is 10.5 Å². The quantitative estimate of drug-likeness (QED) is 0.730. The highest BCUT2D eigenvalue weighted by molar-refractivity contribution is 6.02. The predicted octanol–water partition coefficient (Wildman–Crippen LogP) is 2.61. The van der Waals surface area contributed by atoms with Gasteiger partial charge in [0.05, 0.1) is 18.4 Å². The van der Waals surface area contributed by atoms with Gasteiger partial charge in [-0.05, 0) is 30.5 Å². The van der Waals surface area contributed by atoms with Gasteiger partial charge in [0.15, 0.2) is 0 Å². The number of halogens is 2. The first kappa shape index (κ1) is 21.0. The standard InChI is InChI=1S/C21H24F2N6O2/c22-21(23)7-9-29(10-8-21)18-12-25-17(11-26-18)19(30)27-15-4-1-14(2-5-15)3-6-16-13-31-20(24)28-16/h1-2,4-5,11-12,16H,3,6-10,13H2,(H2,24,28)(H,27,30). The first-order chi connectivity index (χ1) is 14.9. The molecule has 3 heterocycles. The summed E-state index contributed by atoms with van der Waals surface area (Å²) in [7, 11) is 0. The van der Waals surface area contributed by atoms with Crippen LogP contribution in [0.15, 0.2) is 41.7 Å². The molecule has 1 unspecified atom stereocenters. The smallest absolute Gasteiger partial charge is 0.282 e. The number of hydrogen-bond acceptors (Lipinski definition) is 7. The molecule has 1 fully saturated rings. The third-order valence-corrected chi connectivity index (χ3v) is 5.40. The SMILES string of the molecule is NC1=NC(CCc2ccc(NC(=O)c3cnc(N4CCC(F)(F)CC4)cn3)cc2)CO1. The van der Waals surface area contributed by atoms with E-state index in [2.05, 4.69) is 20.3 Å². The number of nitrogens with one attached hydrogen (secondary N) is 1. The Morgan fingerprint density at radius 2 is 1.94 bits per heavy atom. The van der Waals surface area contributed by atoms with Gasteiger partial charge in [0.2, 0.25) is 0 Å². The zero-order chi connectivity index (χ0) is 21.8. The van der Waals surface area contributed by atoms with E-state index in [9.17, 15) is 13.6 Å². The number of hydrogen-bond donors (Lipinski definition) is 2. The van der Waals surface area contributed by atoms with Crippen LogP contribution < -0.4 is 16.0 Å². The Labute approximate surface area is 178 Å². The van der Waals surface area contributed by atoms with E-state index in [1.54, 1.807) is 4.90 Å². The molecule has 1 saturated heterocycles. The van der Waals surface area contributed by atoms with Crippen LogP contribution in [0.1, 0.15) is 35.3 Å². The fourth-order valence-corrected chi connectivity index (χ4v) is 3.53. The van der Waals surface area contributed by atoms with Gasteiger partial charge in [-0.25, -0.2) is 23.7 Å². The van der Waals surface area contributed by atoms with Crippen LogP contribution in [0.2, 0.25) is 0 Å². The first-order valence-corrected chi connectivity index (χ1v) is 10.2. The summed E-state index contributed by atoms with van der Waals surface area (Å²) < 4.78 is 31.7. The molecule has 2 aliphatic heterocycles. The normalized spacial score (nSPS) is 20.1. The average molecular weight is 430 g/mol. The molecule has 0 saturated carbocycles. The molecule has 2 aliphatic rings. The summed E-state index contributed by atoms with van der Waals surface area (Å²) in [5.74, 6) is -2.51. The molecule has 3 N–H and O–H groups in total. The minimum absolute atomic E-state index is 0.0855. The van der Waals surface area contributed by atoms with E-state index >= 15 is 0 Å². The van der Waals surface area contributed by atoms with Crippen LogP contribution in [-0.2, 0) is 11.2 Å². The predicted molar refractivity (Wildman–Crippen MR) is 113 cm³/mol. The Morgan fingerprint density at radius 3 is 2.55 bits per heavy atom. The molecule has 4 rings (SSSR count). The monoisotopic (exact) mass is 430 g/mol. The van der Waals surface area contributed by atoms with Crippen LogP contribution in [0.5, 0.6) is 0 Å². The highest BCUT2D eigenvalue weighted by Gasteiger charge is 2.34. The summed E-state index contributed by atoms with van der Waals surface area (Å²) in [5.41, 5.74) is 7.43. The number of piperidine rings is 1. The van der Waals surface area contributed by atoms with Gasteiger partial charge in [-0.1, -0.05) is 12.1 Å². The number of benzene rings is 1. The summed E-state index contributed by atoms with van der Waals surface area (Å²) >= 11 is 0. The van der Waals surface area contributed by atoms with Crippen molar-refractivity contribution in [1.29, 1.82) is 0 Å². The molecule has 164 valence electrons. The van der Waals surface area contributed by atoms with Gasteiger partial charge < -0.3 is 20.7 Å². The van der Waals surface area contributed by atoms with Crippen molar-refractivity contribution in [3.8, 4) is 0 Å². The van der Waals surface area contributed by atoms with Crippen LogP contribution in [0.3, 0.4) is 0 Å². The van der Waals surface area contributed by atoms with E-state index < -0.39 is 5.92 Å². The zero-order valence-corrected chi connectivity index (χ0v) is 16.9. The lowest BCUT2D eigenvalue weighted by Crippen LogP contribution is -2.39. The minimum atomic E-state index is -2.62. The van der Waals surface area contributed by atoms with Crippen molar-refractivity contribution in [2.24, 2.45) is 10.7 Å². The molecule has 0 radical (unpaired) electrons. The van der Waals surface area contributed by atoms with E-state index in [0.717, 1.165) is 18.4 Å². The van der Waals surface area contributed by atoms with Crippen molar-refractivity contribution in [2.45, 2.75) is 37.6 Å². The molecular formula is C21H24F2N6O2. The molecule has 10 heteroatoms. The van der Waals surface area contributed by atoms with E-state index in [-0.39, 0.29) is 49.6 Å². The number of aliphatic imine (C=N–C) groups is 1. The number of aromatic nitrogens is 2. The fraction of sp³-hybridized carbons (Fsp3) is 0.429. The Balaban J connectivity index is 1.29. The third-order valence-electron chi connectivity index (χ3n) is 5.40. The summed E-state index contributed by atoms with van der Waals surface area (Å²) in [6.07, 6.45) is 4.06. The topological polar surface area (TPSA) is 106 Å². The second kappa shape index (κ2) is 8.83. The molecule has 2 aromatic rings. The van der Waals surface area contributed by atoms with Gasteiger partial charge in [-0.3, -0.25) is 4.79 Å². The van der Waals surface area contributed by atoms with Crippen molar-refractivity contribution in [3.63, 3.8) is 0 Å². The largest absolute Gasteiger partial charge is 0.463 e. The second-order valence-corrected chi connectivity index (χ2v) is 7.72. The van der Waals surface area contributed by atoms with Crippen LogP contribution in [0.4, 0.5) is 20.3 Å². The maximum Gasteiger partial charge on any atom is 0.282 e. The van der Waals surface area contributed by atoms with Crippen molar-refractivity contribution < 1.29 is 18.3 Å². The lowest BCUT2D eigenvalue weighted by atomic mass is 10.1. The highest BCUT2D eigenvalue weighted by Crippen LogP contribution is 2.29.